The van der Waals surface area contributed by atoms with Crippen LogP contribution < -0.4 is 15.6 Å². The second-order valence-corrected chi connectivity index (χ2v) is 17.0. The molecule has 3 aromatic carbocycles. The molecule has 4 heterocycles. The number of aryl methyl sites for hydroxylation is 1. The number of halogens is 7. The van der Waals surface area contributed by atoms with Crippen molar-refractivity contribution >= 4 is 55.2 Å². The van der Waals surface area contributed by atoms with Crippen LogP contribution in [0.3, 0.4) is 0 Å². The fourth-order valence-corrected chi connectivity index (χ4v) is 8.90. The van der Waals surface area contributed by atoms with Gasteiger partial charge in [0.2, 0.25) is 15.9 Å². The Kier molecular flexibility index (Phi) is 9.46. The van der Waals surface area contributed by atoms with E-state index in [1.807, 2.05) is 0 Å². The van der Waals surface area contributed by atoms with Crippen molar-refractivity contribution in [3.63, 3.8) is 0 Å². The number of nitrogens with one attached hydrogen (secondary N) is 2. The summed E-state index contributed by atoms with van der Waals surface area (Å²) in [5.74, 6) is -8.80. The summed E-state index contributed by atoms with van der Waals surface area (Å²) in [4.78, 5) is 42.4. The third kappa shape index (κ3) is 7.03. The Balaban J connectivity index is 1.26. The number of sulfonamides is 1. The molecule has 3 atom stereocenters. The Morgan fingerprint density at radius 1 is 1.03 bits per heavy atom. The number of carbonyl (C=O) groups is 1. The second-order valence-electron chi connectivity index (χ2n) is 14.8. The highest BCUT2D eigenvalue weighted by molar-refractivity contribution is 7.92. The molecule has 0 spiro atoms. The zero-order valence-electron chi connectivity index (χ0n) is 31.5. The fourth-order valence-electron chi connectivity index (χ4n) is 8.17. The van der Waals surface area contributed by atoms with Crippen LogP contribution in [0, 0.1) is 17.6 Å². The van der Waals surface area contributed by atoms with Gasteiger partial charge in [-0.3, -0.25) is 28.2 Å². The summed E-state index contributed by atoms with van der Waals surface area (Å²) >= 11 is 6.61. The maximum absolute atomic E-state index is 15.5. The summed E-state index contributed by atoms with van der Waals surface area (Å²) < 4.78 is 119. The van der Waals surface area contributed by atoms with Crippen LogP contribution >= 0.6 is 11.6 Å². The first-order valence-electron chi connectivity index (χ1n) is 18.4. The average molecular weight is 883 g/mol. The zero-order chi connectivity index (χ0) is 43.3. The molecule has 22 heteroatoms. The van der Waals surface area contributed by atoms with Crippen LogP contribution in [0.25, 0.3) is 38.9 Å². The second kappa shape index (κ2) is 14.4. The van der Waals surface area contributed by atoms with Gasteiger partial charge in [-0.1, -0.05) is 17.7 Å². The molecule has 14 nitrogen and oxygen atoms in total. The first-order valence-corrected chi connectivity index (χ1v) is 20.7. The quantitative estimate of drug-likeness (QED) is 0.138. The van der Waals surface area contributed by atoms with Gasteiger partial charge in [-0.05, 0) is 60.4 Å². The molecule has 2 N–H and O–H groups in total. The summed E-state index contributed by atoms with van der Waals surface area (Å²) in [6, 6.07) is 9.95. The van der Waals surface area contributed by atoms with Gasteiger partial charge < -0.3 is 5.32 Å². The topological polar surface area (TPSA) is 172 Å². The molecule has 0 aliphatic heterocycles. The lowest BCUT2D eigenvalue weighted by Crippen LogP contribution is -2.38. The van der Waals surface area contributed by atoms with Crippen LogP contribution in [0.15, 0.2) is 71.8 Å². The van der Waals surface area contributed by atoms with Gasteiger partial charge in [0.05, 0.1) is 44.8 Å². The first kappa shape index (κ1) is 40.1. The number of nitrogens with zero attached hydrogens (tertiary/aromatic N) is 8. The van der Waals surface area contributed by atoms with Crippen molar-refractivity contribution in [2.45, 2.75) is 43.7 Å². The first-order chi connectivity index (χ1) is 28.9. The third-order valence-electron chi connectivity index (χ3n) is 10.6. The average Bonchev–Trinajstić information content (AvgIpc) is 3.73. The van der Waals surface area contributed by atoms with E-state index in [-0.39, 0.29) is 67.5 Å². The van der Waals surface area contributed by atoms with Crippen LogP contribution in [0.1, 0.15) is 53.1 Å². The maximum atomic E-state index is 15.5. The SMILES string of the molecule is Cn1nc(NS(C)(=O)=O)c2c(Cl)ccc(-n3c([C@H](Cc4cc(F)cc(F)c4)NC(=O)Cn4nc(C(F)F)c5c4C(F)(F)[C@@H]4C[C@H]54)nc4cc(-c5ncccn5)ccc4c3=O)c21. The van der Waals surface area contributed by atoms with Crippen LogP contribution in [0.4, 0.5) is 32.2 Å². The molecule has 2 aliphatic rings. The lowest BCUT2D eigenvalue weighted by molar-refractivity contribution is -0.123. The molecule has 61 heavy (non-hydrogen) atoms. The predicted molar refractivity (Wildman–Crippen MR) is 209 cm³/mol. The van der Waals surface area contributed by atoms with Gasteiger partial charge >= 0.3 is 0 Å². The van der Waals surface area contributed by atoms with E-state index in [1.54, 1.807) is 12.1 Å². The normalized spacial score (nSPS) is 17.1. The van der Waals surface area contributed by atoms with E-state index in [2.05, 4.69) is 30.2 Å². The number of carbonyl (C=O) groups excluding carboxylic acids is 1. The molecule has 1 amide bonds. The van der Waals surface area contributed by atoms with Gasteiger partial charge in [-0.25, -0.2) is 40.9 Å². The summed E-state index contributed by atoms with van der Waals surface area (Å²) in [6.07, 6.45) is 0.211. The summed E-state index contributed by atoms with van der Waals surface area (Å²) in [5, 5.41) is 10.8. The molecule has 7 aromatic rings. The van der Waals surface area contributed by atoms with E-state index in [0.29, 0.717) is 16.3 Å². The van der Waals surface area contributed by atoms with Gasteiger partial charge in [0.1, 0.15) is 35.4 Å². The molecule has 0 bridgehead atoms. The molecule has 9 rings (SSSR count). The lowest BCUT2D eigenvalue weighted by Gasteiger charge is -2.24. The standard InChI is InChI=1S/C39H29ClF6N10O4S/c1-54-32-27(7-6-24(40)30(32)36(52-54)53-61(2,59)60)56-37(50-25-13-18(4-5-21(25)38(56)58)35-47-8-3-9-48-35)26(12-17-10-19(41)14-20(42)11-17)49-28(57)16-55-33-29(31(51-55)34(43)44)22-15-23(22)39(33,45)46/h3-11,13-14,22-23,26,34H,12,15-16H2,1-2H3,(H,49,57)(H,52,53)/t22-,23+,26-/m0/s1. The molecule has 0 unspecified atom stereocenters. The van der Waals surface area contributed by atoms with Crippen molar-refractivity contribution in [2.75, 3.05) is 11.0 Å². The van der Waals surface area contributed by atoms with E-state index in [9.17, 15) is 35.6 Å². The molecule has 0 saturated heterocycles. The van der Waals surface area contributed by atoms with Gasteiger partial charge in [0.15, 0.2) is 11.6 Å². The Bertz CT molecular complexity index is 3120. The smallest absolute Gasteiger partial charge is 0.293 e. The van der Waals surface area contributed by atoms with Crippen LogP contribution in [0.2, 0.25) is 5.02 Å². The number of amides is 1. The van der Waals surface area contributed by atoms with Gasteiger partial charge in [0, 0.05) is 49.0 Å². The molecular formula is C39H29ClF6N10O4S. The van der Waals surface area contributed by atoms with E-state index in [1.165, 1.54) is 48.4 Å². The minimum atomic E-state index is -3.91. The van der Waals surface area contributed by atoms with Crippen LogP contribution in [-0.4, -0.2) is 59.7 Å². The highest BCUT2D eigenvalue weighted by Crippen LogP contribution is 2.68. The molecule has 314 valence electrons. The Morgan fingerprint density at radius 2 is 1.75 bits per heavy atom. The molecule has 2 aliphatic carbocycles. The molecule has 1 saturated carbocycles. The highest BCUT2D eigenvalue weighted by atomic mass is 35.5. The van der Waals surface area contributed by atoms with Crippen molar-refractivity contribution in [2.24, 2.45) is 13.0 Å². The maximum Gasteiger partial charge on any atom is 0.293 e. The molecule has 1 fully saturated rings. The van der Waals surface area contributed by atoms with Crippen molar-refractivity contribution in [1.82, 2.24) is 44.4 Å². The van der Waals surface area contributed by atoms with Crippen molar-refractivity contribution in [3.05, 3.63) is 122 Å². The van der Waals surface area contributed by atoms with E-state index in [4.69, 9.17) is 16.6 Å². The monoisotopic (exact) mass is 882 g/mol. The number of anilines is 1. The fraction of sp³-hybridized carbons (Fsp3) is 0.256. The van der Waals surface area contributed by atoms with Gasteiger partial charge in [-0.2, -0.15) is 19.0 Å². The number of hydrogen-bond donors (Lipinski definition) is 2. The summed E-state index contributed by atoms with van der Waals surface area (Å²) in [7, 11) is -2.46. The van der Waals surface area contributed by atoms with Crippen molar-refractivity contribution < 1.29 is 39.6 Å². The lowest BCUT2D eigenvalue weighted by atomic mass is 10.0. The molecule has 0 radical (unpaired) electrons. The van der Waals surface area contributed by atoms with Crippen molar-refractivity contribution in [3.8, 4) is 17.1 Å². The minimum absolute atomic E-state index is 0.00636. The number of rotatable bonds is 11. The third-order valence-corrected chi connectivity index (χ3v) is 11.5. The summed E-state index contributed by atoms with van der Waals surface area (Å²) in [5.41, 5.74) is -2.14. The highest BCUT2D eigenvalue weighted by Gasteiger charge is 2.67. The van der Waals surface area contributed by atoms with Crippen LogP contribution in [-0.2, 0) is 40.8 Å². The van der Waals surface area contributed by atoms with E-state index in [0.717, 1.165) is 23.0 Å². The zero-order valence-corrected chi connectivity index (χ0v) is 33.1. The van der Waals surface area contributed by atoms with Crippen molar-refractivity contribution in [1.29, 1.82) is 0 Å². The molecule has 4 aromatic heterocycles. The largest absolute Gasteiger partial charge is 0.344 e. The number of benzene rings is 3. The van der Waals surface area contributed by atoms with E-state index >= 15 is 8.78 Å². The number of fused-ring (bicyclic) bond motifs is 5. The summed E-state index contributed by atoms with van der Waals surface area (Å²) in [6.45, 7) is -0.987. The number of alkyl halides is 4. The number of hydrogen-bond acceptors (Lipinski definition) is 9. The van der Waals surface area contributed by atoms with E-state index < -0.39 is 87.7 Å². The molecular weight excluding hydrogens is 854 g/mol. The Labute approximate surface area is 345 Å². The number of aromatic nitrogens is 8. The van der Waals surface area contributed by atoms with Crippen LogP contribution in [0.5, 0.6) is 0 Å². The van der Waals surface area contributed by atoms with Gasteiger partial charge in [-0.15, -0.1) is 0 Å². The Morgan fingerprint density at radius 3 is 2.44 bits per heavy atom. The predicted octanol–water partition coefficient (Wildman–Crippen LogP) is 6.48. The Hall–Kier alpha value is -6.35. The van der Waals surface area contributed by atoms with Gasteiger partial charge in [0.25, 0.3) is 17.9 Å². The minimum Gasteiger partial charge on any atom is -0.344 e.